The number of hydrogen-bond donors (Lipinski definition) is 2. The molecule has 2 N–H and O–H groups in total. The molecular formula is C18H24ClF2N5O2. The highest BCUT2D eigenvalue weighted by molar-refractivity contribution is 5.93. The first-order valence-corrected chi connectivity index (χ1v) is 8.94. The number of ether oxygens (including phenoxy) is 1. The Morgan fingerprint density at radius 2 is 1.93 bits per heavy atom. The predicted molar refractivity (Wildman–Crippen MR) is 102 cm³/mol. The molecular weight excluding hydrogens is 392 g/mol. The Hall–Kier alpha value is -2.26. The van der Waals surface area contributed by atoms with Gasteiger partial charge < -0.3 is 15.4 Å². The largest absolute Gasteiger partial charge is 0.435 e. The zero-order valence-electron chi connectivity index (χ0n) is 15.7. The Morgan fingerprint density at radius 3 is 2.54 bits per heavy atom. The summed E-state index contributed by atoms with van der Waals surface area (Å²) in [6, 6.07) is 6.11. The fourth-order valence-electron chi connectivity index (χ4n) is 3.23. The van der Waals surface area contributed by atoms with Crippen molar-refractivity contribution in [1.82, 2.24) is 25.6 Å². The lowest BCUT2D eigenvalue weighted by Gasteiger charge is -2.23. The quantitative estimate of drug-likeness (QED) is 0.758. The van der Waals surface area contributed by atoms with Crippen molar-refractivity contribution in [2.24, 2.45) is 0 Å². The highest BCUT2D eigenvalue weighted by atomic mass is 35.5. The van der Waals surface area contributed by atoms with Crippen LogP contribution in [0.4, 0.5) is 8.78 Å². The average molecular weight is 416 g/mol. The van der Waals surface area contributed by atoms with Crippen LogP contribution < -0.4 is 15.4 Å². The van der Waals surface area contributed by atoms with E-state index in [0.29, 0.717) is 5.69 Å². The topological polar surface area (TPSA) is 81.1 Å². The van der Waals surface area contributed by atoms with E-state index in [4.69, 9.17) is 0 Å². The van der Waals surface area contributed by atoms with Crippen molar-refractivity contribution in [2.45, 2.75) is 45.4 Å². The smallest absolute Gasteiger partial charge is 0.387 e. The van der Waals surface area contributed by atoms with Gasteiger partial charge in [0.05, 0.1) is 17.8 Å². The monoisotopic (exact) mass is 415 g/mol. The summed E-state index contributed by atoms with van der Waals surface area (Å²) < 4.78 is 30.6. The molecule has 1 aromatic carbocycles. The molecule has 154 valence electrons. The van der Waals surface area contributed by atoms with E-state index in [0.717, 1.165) is 37.2 Å². The van der Waals surface area contributed by atoms with Gasteiger partial charge in [0.2, 0.25) is 0 Å². The Balaban J connectivity index is 0.00000280. The molecule has 0 spiro atoms. The molecule has 2 aromatic rings. The van der Waals surface area contributed by atoms with Crippen molar-refractivity contribution < 1.29 is 18.3 Å². The molecule has 1 aliphatic rings. The van der Waals surface area contributed by atoms with Crippen LogP contribution in [0.2, 0.25) is 0 Å². The molecule has 10 heteroatoms. The van der Waals surface area contributed by atoms with Crippen LogP contribution in [0.3, 0.4) is 0 Å². The Morgan fingerprint density at radius 1 is 1.29 bits per heavy atom. The molecule has 2 heterocycles. The van der Waals surface area contributed by atoms with E-state index >= 15 is 0 Å². The van der Waals surface area contributed by atoms with Crippen LogP contribution in [0.5, 0.6) is 5.75 Å². The fraction of sp³-hybridized carbons (Fsp3) is 0.500. The molecule has 1 aliphatic heterocycles. The molecule has 1 aromatic heterocycles. The first-order chi connectivity index (χ1) is 13.0. The molecule has 0 radical (unpaired) electrons. The minimum Gasteiger partial charge on any atom is -0.435 e. The number of carbonyl (C=O) groups is 1. The van der Waals surface area contributed by atoms with Gasteiger partial charge in [-0.1, -0.05) is 17.3 Å². The van der Waals surface area contributed by atoms with Gasteiger partial charge in [0.1, 0.15) is 5.75 Å². The molecule has 1 atom stereocenters. The lowest BCUT2D eigenvalue weighted by atomic mass is 10.1. The first-order valence-electron chi connectivity index (χ1n) is 8.94. The number of halogens is 3. The molecule has 1 amide bonds. The number of amides is 1. The van der Waals surface area contributed by atoms with Crippen molar-refractivity contribution >= 4 is 18.3 Å². The molecule has 0 bridgehead atoms. The van der Waals surface area contributed by atoms with Crippen LogP contribution in [-0.4, -0.2) is 40.6 Å². The number of piperidine rings is 1. The average Bonchev–Trinajstić information content (AvgIpc) is 3.04. The molecule has 1 saturated heterocycles. The summed E-state index contributed by atoms with van der Waals surface area (Å²) >= 11 is 0. The first kappa shape index (κ1) is 22.0. The van der Waals surface area contributed by atoms with Crippen LogP contribution in [-0.2, 0) is 0 Å². The summed E-state index contributed by atoms with van der Waals surface area (Å²) in [7, 11) is 0. The van der Waals surface area contributed by atoms with Crippen LogP contribution in [0, 0.1) is 6.92 Å². The number of nitrogens with zero attached hydrogens (tertiary/aromatic N) is 3. The maximum atomic E-state index is 12.6. The van der Waals surface area contributed by atoms with E-state index < -0.39 is 6.61 Å². The summed E-state index contributed by atoms with van der Waals surface area (Å²) in [5.41, 5.74) is 1.82. The van der Waals surface area contributed by atoms with Gasteiger partial charge in [0.25, 0.3) is 5.91 Å². The summed E-state index contributed by atoms with van der Waals surface area (Å²) in [6.07, 6.45) is 1.91. The number of aromatic nitrogens is 3. The predicted octanol–water partition coefficient (Wildman–Crippen LogP) is 3.03. The van der Waals surface area contributed by atoms with Crippen molar-refractivity contribution in [3.63, 3.8) is 0 Å². The second-order valence-corrected chi connectivity index (χ2v) is 6.59. The van der Waals surface area contributed by atoms with Gasteiger partial charge in [-0.25, -0.2) is 4.68 Å². The van der Waals surface area contributed by atoms with Crippen LogP contribution in [0.1, 0.15) is 53.6 Å². The molecule has 0 aliphatic carbocycles. The number of carbonyl (C=O) groups excluding carboxylic acids is 1. The number of benzene rings is 1. The Labute approximate surface area is 168 Å². The third kappa shape index (κ3) is 5.17. The van der Waals surface area contributed by atoms with Crippen molar-refractivity contribution in [2.75, 3.05) is 13.1 Å². The van der Waals surface area contributed by atoms with Crippen LogP contribution in [0.25, 0.3) is 0 Å². The molecule has 3 rings (SSSR count). The van der Waals surface area contributed by atoms with Gasteiger partial charge in [-0.3, -0.25) is 4.79 Å². The second-order valence-electron chi connectivity index (χ2n) is 6.59. The maximum absolute atomic E-state index is 12.6. The summed E-state index contributed by atoms with van der Waals surface area (Å²) in [5.74, 6) is -0.235. The lowest BCUT2D eigenvalue weighted by Crippen LogP contribution is -2.31. The van der Waals surface area contributed by atoms with E-state index in [9.17, 15) is 13.6 Å². The van der Waals surface area contributed by atoms with Gasteiger partial charge in [-0.15, -0.1) is 17.5 Å². The van der Waals surface area contributed by atoms with E-state index in [1.165, 1.54) is 12.1 Å². The Kier molecular flexibility index (Phi) is 7.70. The number of alkyl halides is 2. The minimum absolute atomic E-state index is 0. The minimum atomic E-state index is -2.86. The lowest BCUT2D eigenvalue weighted by molar-refractivity contribution is -0.0498. The Bertz CT molecular complexity index is 779. The zero-order chi connectivity index (χ0) is 19.4. The van der Waals surface area contributed by atoms with E-state index in [-0.39, 0.29) is 36.1 Å². The number of hydrogen-bond acceptors (Lipinski definition) is 5. The van der Waals surface area contributed by atoms with E-state index in [2.05, 4.69) is 25.7 Å². The van der Waals surface area contributed by atoms with Crippen molar-refractivity contribution in [3.05, 3.63) is 41.2 Å². The van der Waals surface area contributed by atoms with Crippen molar-refractivity contribution in [1.29, 1.82) is 0 Å². The summed E-state index contributed by atoms with van der Waals surface area (Å²) in [5, 5.41) is 14.4. The SMILES string of the molecule is Cc1c(C(=O)NC(C)c2ccc(OC(F)F)cc2)nnn1C1CCNCC1.Cl. The van der Waals surface area contributed by atoms with Gasteiger partial charge in [-0.05, 0) is 57.5 Å². The van der Waals surface area contributed by atoms with Crippen LogP contribution in [0.15, 0.2) is 24.3 Å². The summed E-state index contributed by atoms with van der Waals surface area (Å²) in [6.45, 7) is 2.64. The normalized spacial score (nSPS) is 15.8. The van der Waals surface area contributed by atoms with Gasteiger partial charge in [0, 0.05) is 0 Å². The summed E-state index contributed by atoms with van der Waals surface area (Å²) in [4.78, 5) is 12.6. The standard InChI is InChI=1S/C18H23F2N5O2.ClH/c1-11(13-3-5-15(6-4-13)27-18(19)20)22-17(26)16-12(2)25(24-23-16)14-7-9-21-10-8-14;/h3-6,11,14,18,21H,7-10H2,1-2H3,(H,22,26);1H. The highest BCUT2D eigenvalue weighted by Crippen LogP contribution is 2.22. The molecule has 0 saturated carbocycles. The highest BCUT2D eigenvalue weighted by Gasteiger charge is 2.23. The maximum Gasteiger partial charge on any atom is 0.387 e. The van der Waals surface area contributed by atoms with E-state index in [1.807, 2.05) is 18.5 Å². The molecule has 1 unspecified atom stereocenters. The van der Waals surface area contributed by atoms with E-state index in [1.54, 1.807) is 12.1 Å². The zero-order valence-corrected chi connectivity index (χ0v) is 16.5. The van der Waals surface area contributed by atoms with Gasteiger partial charge >= 0.3 is 6.61 Å². The number of rotatable bonds is 6. The fourth-order valence-corrected chi connectivity index (χ4v) is 3.23. The molecule has 1 fully saturated rings. The van der Waals surface area contributed by atoms with Crippen LogP contribution >= 0.6 is 12.4 Å². The molecule has 7 nitrogen and oxygen atoms in total. The van der Waals surface area contributed by atoms with Crippen molar-refractivity contribution in [3.8, 4) is 5.75 Å². The van der Waals surface area contributed by atoms with Gasteiger partial charge in [-0.2, -0.15) is 8.78 Å². The van der Waals surface area contributed by atoms with Gasteiger partial charge in [0.15, 0.2) is 5.69 Å². The molecule has 28 heavy (non-hydrogen) atoms. The second kappa shape index (κ2) is 9.79. The number of nitrogens with one attached hydrogen (secondary N) is 2. The third-order valence-corrected chi connectivity index (χ3v) is 4.75. The third-order valence-electron chi connectivity index (χ3n) is 4.75.